The van der Waals surface area contributed by atoms with E-state index >= 15 is 0 Å². The molecule has 8 aromatic carbocycles. The Kier molecular flexibility index (Phi) is 7.40. The minimum absolute atomic E-state index is 0.607. The van der Waals surface area contributed by atoms with Gasteiger partial charge in [0.25, 0.3) is 0 Å². The van der Waals surface area contributed by atoms with Gasteiger partial charge >= 0.3 is 0 Å². The smallest absolute Gasteiger partial charge is 0.227 e. The molecule has 0 aliphatic carbocycles. The van der Waals surface area contributed by atoms with Crippen LogP contribution in [-0.4, -0.2) is 29.1 Å². The highest BCUT2D eigenvalue weighted by atomic mass is 16.3. The lowest BCUT2D eigenvalue weighted by molar-refractivity contribution is 0.619. The minimum Gasteiger partial charge on any atom is -0.436 e. The fourth-order valence-corrected chi connectivity index (χ4v) is 8.49. The van der Waals surface area contributed by atoms with Gasteiger partial charge in [-0.3, -0.25) is 0 Å². The molecule has 0 N–H and O–H groups in total. The van der Waals surface area contributed by atoms with Crippen LogP contribution in [0.25, 0.3) is 112 Å². The average Bonchev–Trinajstić information content (AvgIpc) is 4.00. The first-order valence-electron chi connectivity index (χ1n) is 19.6. The Morgan fingerprint density at radius 3 is 1.32 bits per heavy atom. The van der Waals surface area contributed by atoms with E-state index in [0.29, 0.717) is 23.4 Å². The monoisotopic (exact) mass is 756 g/mol. The van der Waals surface area contributed by atoms with Crippen LogP contribution in [0.2, 0.25) is 0 Å². The summed E-state index contributed by atoms with van der Waals surface area (Å²) in [6.45, 7) is 0. The normalized spacial score (nSPS) is 11.7. The molecule has 0 aliphatic rings. The van der Waals surface area contributed by atoms with Crippen LogP contribution >= 0.6 is 0 Å². The van der Waals surface area contributed by atoms with E-state index in [0.717, 1.165) is 66.8 Å². The Hall–Kier alpha value is -8.16. The van der Waals surface area contributed by atoms with Gasteiger partial charge in [0.2, 0.25) is 5.89 Å². The van der Waals surface area contributed by atoms with Crippen LogP contribution in [0.5, 0.6) is 0 Å². The van der Waals surface area contributed by atoms with Gasteiger partial charge in [0.15, 0.2) is 23.1 Å². The van der Waals surface area contributed by atoms with Gasteiger partial charge in [-0.15, -0.1) is 0 Å². The largest absolute Gasteiger partial charge is 0.436 e. The molecule has 0 spiro atoms. The number of fused-ring (bicyclic) bond motifs is 8. The van der Waals surface area contributed by atoms with Gasteiger partial charge in [0.1, 0.15) is 5.52 Å². The number of aromatic nitrogens is 6. The molecule has 0 saturated carbocycles. The molecule has 0 amide bonds. The second-order valence-corrected chi connectivity index (χ2v) is 14.7. The second kappa shape index (κ2) is 13.2. The van der Waals surface area contributed by atoms with Crippen LogP contribution in [0, 0.1) is 0 Å². The van der Waals surface area contributed by atoms with E-state index in [-0.39, 0.29) is 0 Å². The molecule has 12 aromatic rings. The van der Waals surface area contributed by atoms with E-state index in [1.165, 1.54) is 21.5 Å². The molecule has 0 saturated heterocycles. The molecule has 4 aromatic heterocycles. The van der Waals surface area contributed by atoms with Crippen molar-refractivity contribution in [1.29, 1.82) is 0 Å². The third-order valence-corrected chi connectivity index (χ3v) is 11.2. The summed E-state index contributed by atoms with van der Waals surface area (Å²) in [6.07, 6.45) is 0. The van der Waals surface area contributed by atoms with E-state index in [4.69, 9.17) is 24.4 Å². The molecule has 0 aliphatic heterocycles. The van der Waals surface area contributed by atoms with Crippen molar-refractivity contribution < 1.29 is 4.42 Å². The Morgan fingerprint density at radius 1 is 0.339 bits per heavy atom. The van der Waals surface area contributed by atoms with Gasteiger partial charge in [-0.25, -0.2) is 19.9 Å². The Balaban J connectivity index is 1.07. The van der Waals surface area contributed by atoms with Crippen LogP contribution in [0.1, 0.15) is 0 Å². The predicted molar refractivity (Wildman–Crippen MR) is 238 cm³/mol. The van der Waals surface area contributed by atoms with Gasteiger partial charge < -0.3 is 13.6 Å². The molecule has 7 nitrogen and oxygen atoms in total. The van der Waals surface area contributed by atoms with Crippen LogP contribution in [0.3, 0.4) is 0 Å². The van der Waals surface area contributed by atoms with E-state index in [1.807, 2.05) is 91.0 Å². The van der Waals surface area contributed by atoms with E-state index in [1.54, 1.807) is 0 Å². The zero-order chi connectivity index (χ0) is 38.9. The number of nitrogens with zero attached hydrogens (tertiary/aromatic N) is 6. The lowest BCUT2D eigenvalue weighted by Crippen LogP contribution is -2.01. The summed E-state index contributed by atoms with van der Waals surface area (Å²) in [5.74, 6) is 2.50. The Labute approximate surface area is 338 Å². The van der Waals surface area contributed by atoms with Crippen LogP contribution in [0.15, 0.2) is 199 Å². The summed E-state index contributed by atoms with van der Waals surface area (Å²) >= 11 is 0. The second-order valence-electron chi connectivity index (χ2n) is 14.7. The zero-order valence-electron chi connectivity index (χ0n) is 31.6. The van der Waals surface area contributed by atoms with Crippen molar-refractivity contribution in [3.63, 3.8) is 0 Å². The molecule has 0 fully saturated rings. The number of benzene rings is 8. The molecular formula is C52H32N6O. The van der Waals surface area contributed by atoms with Crippen molar-refractivity contribution in [1.82, 2.24) is 29.1 Å². The van der Waals surface area contributed by atoms with Gasteiger partial charge in [0, 0.05) is 55.6 Å². The topological polar surface area (TPSA) is 74.6 Å². The number of hydrogen-bond acceptors (Lipinski definition) is 5. The van der Waals surface area contributed by atoms with Gasteiger partial charge in [-0.2, -0.15) is 0 Å². The van der Waals surface area contributed by atoms with E-state index in [2.05, 4.69) is 112 Å². The molecule has 4 heterocycles. The van der Waals surface area contributed by atoms with Gasteiger partial charge in [-0.05, 0) is 60.7 Å². The first-order chi connectivity index (χ1) is 29.2. The Bertz CT molecular complexity index is 3480. The minimum atomic E-state index is 0.607. The molecule has 7 heteroatoms. The van der Waals surface area contributed by atoms with Crippen molar-refractivity contribution in [3.05, 3.63) is 194 Å². The van der Waals surface area contributed by atoms with Crippen molar-refractivity contribution >= 4 is 54.7 Å². The highest BCUT2D eigenvalue weighted by Crippen LogP contribution is 2.42. The number of oxazole rings is 1. The maximum atomic E-state index is 6.41. The van der Waals surface area contributed by atoms with Crippen molar-refractivity contribution in [3.8, 4) is 57.0 Å². The molecule has 0 atom stereocenters. The predicted octanol–water partition coefficient (Wildman–Crippen LogP) is 12.9. The number of rotatable bonds is 6. The van der Waals surface area contributed by atoms with E-state index in [9.17, 15) is 0 Å². The number of para-hydroxylation sites is 2. The molecule has 12 rings (SSSR count). The van der Waals surface area contributed by atoms with Crippen LogP contribution in [-0.2, 0) is 0 Å². The molecular weight excluding hydrogens is 725 g/mol. The molecule has 59 heavy (non-hydrogen) atoms. The summed E-state index contributed by atoms with van der Waals surface area (Å²) in [6, 6.07) is 66.9. The molecule has 0 radical (unpaired) electrons. The quantitative estimate of drug-likeness (QED) is 0.169. The summed E-state index contributed by atoms with van der Waals surface area (Å²) < 4.78 is 11.2. The summed E-state index contributed by atoms with van der Waals surface area (Å²) in [5.41, 5.74) is 11.8. The summed E-state index contributed by atoms with van der Waals surface area (Å²) in [4.78, 5) is 19.7. The summed E-state index contributed by atoms with van der Waals surface area (Å²) in [5, 5.41) is 4.70. The molecule has 276 valence electrons. The fourth-order valence-electron chi connectivity index (χ4n) is 8.49. The Morgan fingerprint density at radius 2 is 0.780 bits per heavy atom. The third-order valence-electron chi connectivity index (χ3n) is 11.2. The first kappa shape index (κ1) is 33.0. The average molecular weight is 757 g/mol. The van der Waals surface area contributed by atoms with Crippen LogP contribution in [0.4, 0.5) is 0 Å². The number of hydrogen-bond donors (Lipinski definition) is 0. The van der Waals surface area contributed by atoms with Crippen molar-refractivity contribution in [2.24, 2.45) is 0 Å². The van der Waals surface area contributed by atoms with Crippen molar-refractivity contribution in [2.45, 2.75) is 0 Å². The maximum Gasteiger partial charge on any atom is 0.227 e. The fraction of sp³-hybridized carbons (Fsp3) is 0. The van der Waals surface area contributed by atoms with E-state index < -0.39 is 0 Å². The lowest BCUT2D eigenvalue weighted by Gasteiger charge is -2.13. The molecule has 0 bridgehead atoms. The highest BCUT2D eigenvalue weighted by Gasteiger charge is 2.22. The van der Waals surface area contributed by atoms with Gasteiger partial charge in [-0.1, -0.05) is 127 Å². The SMILES string of the molecule is c1ccc(-c2nc(-c3ccccc3)nc(-c3ccc(-n4c5ccccc5c5ccc6c7ccccc7n(-c7ccc8nc(-c9ccccc9)oc8c7)c6c54)cc3)n2)cc1. The summed E-state index contributed by atoms with van der Waals surface area (Å²) in [7, 11) is 0. The maximum absolute atomic E-state index is 6.41. The highest BCUT2D eigenvalue weighted by molar-refractivity contribution is 6.23. The van der Waals surface area contributed by atoms with Gasteiger partial charge in [0.05, 0.1) is 27.8 Å². The lowest BCUT2D eigenvalue weighted by atomic mass is 10.1. The van der Waals surface area contributed by atoms with Crippen molar-refractivity contribution in [2.75, 3.05) is 0 Å². The first-order valence-corrected chi connectivity index (χ1v) is 19.6. The van der Waals surface area contributed by atoms with Crippen LogP contribution < -0.4 is 0 Å². The molecule has 0 unspecified atom stereocenters. The third kappa shape index (κ3) is 5.36. The zero-order valence-corrected chi connectivity index (χ0v) is 31.6. The standard InChI is InChI=1S/C52H32N6O/c1-4-14-33(15-5-1)49-54-50(34-16-6-2-7-17-34)56-51(55-49)35-24-26-37(27-25-35)57-44-22-12-10-20-39(44)41-29-30-42-40-21-11-13-23-45(40)58(48(42)47(41)57)38-28-31-43-46(32-38)59-52(53-43)36-18-8-3-9-19-36/h1-32H.